The van der Waals surface area contributed by atoms with Gasteiger partial charge >= 0.3 is 11.9 Å². The lowest BCUT2D eigenvalue weighted by atomic mass is 10.1. The number of esters is 1. The fraction of sp³-hybridized carbons (Fsp3) is 0.800. The van der Waals surface area contributed by atoms with Crippen LogP contribution >= 0.6 is 0 Å². The molecule has 0 aliphatic rings. The van der Waals surface area contributed by atoms with E-state index in [9.17, 15) is 14.7 Å². The molecule has 0 aliphatic carbocycles. The molecule has 6 nitrogen and oxygen atoms in total. The van der Waals surface area contributed by atoms with Gasteiger partial charge in [0.1, 0.15) is 0 Å². The summed E-state index contributed by atoms with van der Waals surface area (Å²) in [5.74, 6) is -1.66. The van der Waals surface area contributed by atoms with Crippen LogP contribution in [0.25, 0.3) is 0 Å². The summed E-state index contributed by atoms with van der Waals surface area (Å²) in [4.78, 5) is 30.6. The van der Waals surface area contributed by atoms with E-state index in [4.69, 9.17) is 4.74 Å². The van der Waals surface area contributed by atoms with E-state index in [1.165, 1.54) is 64.2 Å². The number of carbonyl (C=O) groups is 2. The first kappa shape index (κ1) is 27.2. The number of carboxylic acid groups (broad SMARTS) is 1. The van der Waals surface area contributed by atoms with Crippen molar-refractivity contribution in [3.05, 3.63) is 17.2 Å². The van der Waals surface area contributed by atoms with Crippen LogP contribution < -0.4 is 0 Å². The van der Waals surface area contributed by atoms with Crippen molar-refractivity contribution >= 4 is 11.9 Å². The van der Waals surface area contributed by atoms with Crippen LogP contribution in [0.15, 0.2) is 0 Å². The maximum Gasteiger partial charge on any atom is 0.374 e. The van der Waals surface area contributed by atoms with E-state index in [1.54, 1.807) is 0 Å². The van der Waals surface area contributed by atoms with Gasteiger partial charge in [0.15, 0.2) is 5.69 Å². The van der Waals surface area contributed by atoms with Gasteiger partial charge in [-0.3, -0.25) is 0 Å². The molecule has 0 aliphatic heterocycles. The number of imidazole rings is 1. The Kier molecular flexibility index (Phi) is 15.6. The number of rotatable bonds is 20. The fourth-order valence-corrected chi connectivity index (χ4v) is 3.77. The second kappa shape index (κ2) is 17.8. The zero-order valence-corrected chi connectivity index (χ0v) is 19.8. The van der Waals surface area contributed by atoms with Crippen LogP contribution in [0.2, 0.25) is 0 Å². The summed E-state index contributed by atoms with van der Waals surface area (Å²) in [7, 11) is 0. The monoisotopic (exact) mass is 436 g/mol. The van der Waals surface area contributed by atoms with Gasteiger partial charge in [-0.05, 0) is 19.3 Å². The lowest BCUT2D eigenvalue weighted by Gasteiger charge is -2.03. The molecule has 0 radical (unpaired) electrons. The summed E-state index contributed by atoms with van der Waals surface area (Å²) < 4.78 is 5.29. The standard InChI is InChI=1S/C25H44N2O4/c1-3-5-7-9-11-13-15-17-19-21-22(24(28)29)27-23(26-21)25(30)31-20-18-16-14-12-10-8-6-4-2/h3-20H2,1-2H3,(H,26,27)(H,28,29). The molecule has 1 heterocycles. The first-order chi connectivity index (χ1) is 15.1. The van der Waals surface area contributed by atoms with Crippen LogP contribution in [0, 0.1) is 0 Å². The number of aromatic carboxylic acids is 1. The van der Waals surface area contributed by atoms with Crippen molar-refractivity contribution < 1.29 is 19.4 Å². The number of unbranched alkanes of at least 4 members (excludes halogenated alkanes) is 14. The van der Waals surface area contributed by atoms with Gasteiger partial charge < -0.3 is 14.8 Å². The summed E-state index contributed by atoms with van der Waals surface area (Å²) in [5, 5.41) is 9.40. The number of ether oxygens (including phenoxy) is 1. The van der Waals surface area contributed by atoms with Crippen molar-refractivity contribution in [3.63, 3.8) is 0 Å². The number of carboxylic acids is 1. The van der Waals surface area contributed by atoms with Gasteiger partial charge in [0.2, 0.25) is 5.82 Å². The topological polar surface area (TPSA) is 92.3 Å². The zero-order valence-electron chi connectivity index (χ0n) is 19.8. The lowest BCUT2D eigenvalue weighted by molar-refractivity contribution is 0.0484. The normalized spacial score (nSPS) is 11.0. The van der Waals surface area contributed by atoms with Crippen molar-refractivity contribution in [2.24, 2.45) is 0 Å². The molecule has 0 atom stereocenters. The Morgan fingerprint density at radius 1 is 0.774 bits per heavy atom. The number of aromatic amines is 1. The van der Waals surface area contributed by atoms with Gasteiger partial charge in [-0.2, -0.15) is 0 Å². The van der Waals surface area contributed by atoms with Crippen molar-refractivity contribution in [1.82, 2.24) is 9.97 Å². The van der Waals surface area contributed by atoms with E-state index < -0.39 is 11.9 Å². The zero-order chi connectivity index (χ0) is 22.7. The highest BCUT2D eigenvalue weighted by Gasteiger charge is 2.21. The van der Waals surface area contributed by atoms with Crippen LogP contribution in [0.1, 0.15) is 143 Å². The number of nitrogens with zero attached hydrogens (tertiary/aromatic N) is 1. The highest BCUT2D eigenvalue weighted by molar-refractivity contribution is 5.91. The van der Waals surface area contributed by atoms with E-state index >= 15 is 0 Å². The van der Waals surface area contributed by atoms with Crippen molar-refractivity contribution in [1.29, 1.82) is 0 Å². The van der Waals surface area contributed by atoms with Gasteiger partial charge in [0.25, 0.3) is 0 Å². The molecular weight excluding hydrogens is 392 g/mol. The number of nitrogens with one attached hydrogen (secondary N) is 1. The molecule has 0 aromatic carbocycles. The molecular formula is C25H44N2O4. The predicted octanol–water partition coefficient (Wildman–Crippen LogP) is 7.09. The SMILES string of the molecule is CCCCCCCCCCOC(=O)c1nc(C(=O)O)c(CCCCCCCCCC)[nH]1. The van der Waals surface area contributed by atoms with Crippen LogP contribution in [0.4, 0.5) is 0 Å². The molecule has 0 amide bonds. The molecule has 0 saturated heterocycles. The highest BCUT2D eigenvalue weighted by atomic mass is 16.5. The second-order valence-corrected chi connectivity index (χ2v) is 8.55. The second-order valence-electron chi connectivity index (χ2n) is 8.55. The Morgan fingerprint density at radius 2 is 1.26 bits per heavy atom. The van der Waals surface area contributed by atoms with Crippen molar-refractivity contribution in [3.8, 4) is 0 Å². The predicted molar refractivity (Wildman–Crippen MR) is 125 cm³/mol. The molecule has 6 heteroatoms. The van der Waals surface area contributed by atoms with Crippen LogP contribution in [-0.4, -0.2) is 33.6 Å². The quantitative estimate of drug-likeness (QED) is 0.168. The minimum absolute atomic E-state index is 0.00605. The summed E-state index contributed by atoms with van der Waals surface area (Å²) in [6.45, 7) is 4.78. The van der Waals surface area contributed by atoms with Gasteiger partial charge in [-0.15, -0.1) is 0 Å². The van der Waals surface area contributed by atoms with Crippen molar-refractivity contribution in [2.75, 3.05) is 6.61 Å². The lowest BCUT2D eigenvalue weighted by Crippen LogP contribution is -2.09. The highest BCUT2D eigenvalue weighted by Crippen LogP contribution is 2.15. The van der Waals surface area contributed by atoms with E-state index in [1.807, 2.05) is 0 Å². The number of aryl methyl sites for hydroxylation is 1. The third-order valence-electron chi connectivity index (χ3n) is 5.69. The largest absolute Gasteiger partial charge is 0.476 e. The molecule has 1 aromatic rings. The molecule has 31 heavy (non-hydrogen) atoms. The third kappa shape index (κ3) is 12.6. The van der Waals surface area contributed by atoms with Crippen molar-refractivity contribution in [2.45, 2.75) is 123 Å². The molecule has 0 spiro atoms. The molecule has 2 N–H and O–H groups in total. The number of carbonyl (C=O) groups excluding carboxylic acids is 1. The molecule has 1 rings (SSSR count). The number of H-pyrrole nitrogens is 1. The van der Waals surface area contributed by atoms with Crippen LogP contribution in [-0.2, 0) is 11.2 Å². The summed E-state index contributed by atoms with van der Waals surface area (Å²) in [6, 6.07) is 0. The molecule has 1 aromatic heterocycles. The summed E-state index contributed by atoms with van der Waals surface area (Å²) >= 11 is 0. The molecule has 0 unspecified atom stereocenters. The van der Waals surface area contributed by atoms with Gasteiger partial charge in [-0.25, -0.2) is 14.6 Å². The van der Waals surface area contributed by atoms with E-state index in [0.717, 1.165) is 38.5 Å². The first-order valence-corrected chi connectivity index (χ1v) is 12.6. The Balaban J connectivity index is 2.29. The molecule has 178 valence electrons. The average Bonchev–Trinajstić information content (AvgIpc) is 3.19. The first-order valence-electron chi connectivity index (χ1n) is 12.6. The smallest absolute Gasteiger partial charge is 0.374 e. The summed E-state index contributed by atoms with van der Waals surface area (Å²) in [6.07, 6.45) is 19.5. The van der Waals surface area contributed by atoms with Gasteiger partial charge in [-0.1, -0.05) is 104 Å². The Hall–Kier alpha value is -1.85. The van der Waals surface area contributed by atoms with E-state index in [0.29, 0.717) is 18.7 Å². The minimum Gasteiger partial charge on any atom is -0.476 e. The summed E-state index contributed by atoms with van der Waals surface area (Å²) in [5.41, 5.74) is 0.472. The average molecular weight is 437 g/mol. The number of hydrogen-bond donors (Lipinski definition) is 2. The third-order valence-corrected chi connectivity index (χ3v) is 5.69. The molecule has 0 saturated carbocycles. The van der Waals surface area contributed by atoms with Gasteiger partial charge in [0, 0.05) is 0 Å². The van der Waals surface area contributed by atoms with E-state index in [-0.39, 0.29) is 11.5 Å². The van der Waals surface area contributed by atoms with E-state index in [2.05, 4.69) is 23.8 Å². The fourth-order valence-electron chi connectivity index (χ4n) is 3.77. The Labute approximate surface area is 188 Å². The number of hydrogen-bond acceptors (Lipinski definition) is 4. The maximum absolute atomic E-state index is 12.2. The van der Waals surface area contributed by atoms with Gasteiger partial charge in [0.05, 0.1) is 12.3 Å². The minimum atomic E-state index is -1.10. The maximum atomic E-state index is 12.2. The Bertz CT molecular complexity index is 613. The number of aromatic nitrogens is 2. The van der Waals surface area contributed by atoms with Crippen LogP contribution in [0.5, 0.6) is 0 Å². The Morgan fingerprint density at radius 3 is 1.77 bits per heavy atom. The molecule has 0 bridgehead atoms. The van der Waals surface area contributed by atoms with Crippen LogP contribution in [0.3, 0.4) is 0 Å². The molecule has 0 fully saturated rings.